The van der Waals surface area contributed by atoms with E-state index >= 15 is 0 Å². The second-order valence-electron chi connectivity index (χ2n) is 7.44. The Labute approximate surface area is 171 Å². The molecule has 1 N–H and O–H groups in total. The van der Waals surface area contributed by atoms with Gasteiger partial charge in [0.05, 0.1) is 24.3 Å². The number of halogens is 1. The molecule has 2 aromatic carbocycles. The minimum atomic E-state index is -0.0378. The van der Waals surface area contributed by atoms with E-state index in [9.17, 15) is 4.79 Å². The first kappa shape index (κ1) is 20.4. The van der Waals surface area contributed by atoms with Crippen LogP contribution in [0.3, 0.4) is 0 Å². The number of nitrogens with zero attached hydrogens (tertiary/aromatic N) is 3. The summed E-state index contributed by atoms with van der Waals surface area (Å²) in [5, 5.41) is 9.41. The quantitative estimate of drug-likeness (QED) is 0.618. The number of amides is 1. The van der Waals surface area contributed by atoms with Crippen molar-refractivity contribution >= 4 is 28.4 Å². The summed E-state index contributed by atoms with van der Waals surface area (Å²) < 4.78 is 1.89. The smallest absolute Gasteiger partial charge is 0.222 e. The van der Waals surface area contributed by atoms with Gasteiger partial charge in [0.15, 0.2) is 0 Å². The molecule has 5 nitrogen and oxygen atoms in total. The maximum absolute atomic E-state index is 12.6. The van der Waals surface area contributed by atoms with Crippen molar-refractivity contribution in [3.8, 4) is 0 Å². The summed E-state index contributed by atoms with van der Waals surface area (Å²) in [7, 11) is 4.07. The summed E-state index contributed by atoms with van der Waals surface area (Å²) in [6.45, 7) is 3.50. The normalized spacial score (nSPS) is 12.5. The Morgan fingerprint density at radius 1 is 1.21 bits per heavy atom. The summed E-state index contributed by atoms with van der Waals surface area (Å²) in [6.07, 6.45) is 3.08. The zero-order valence-corrected chi connectivity index (χ0v) is 17.4. The Hall–Kier alpha value is -2.37. The van der Waals surface area contributed by atoms with E-state index in [0.717, 1.165) is 29.4 Å². The zero-order chi connectivity index (χ0) is 20.1. The predicted molar refractivity (Wildman–Crippen MR) is 115 cm³/mol. The molecule has 0 spiro atoms. The molecular formula is C22H27ClN4O. The molecule has 1 heterocycles. The molecule has 148 valence electrons. The van der Waals surface area contributed by atoms with Crippen LogP contribution in [0.25, 0.3) is 10.9 Å². The van der Waals surface area contributed by atoms with Crippen LogP contribution in [0.15, 0.2) is 48.7 Å². The lowest BCUT2D eigenvalue weighted by atomic mass is 10.0. The number of aryl methyl sites for hydroxylation is 2. The van der Waals surface area contributed by atoms with E-state index in [4.69, 9.17) is 11.6 Å². The Morgan fingerprint density at radius 2 is 1.96 bits per heavy atom. The maximum Gasteiger partial charge on any atom is 0.222 e. The van der Waals surface area contributed by atoms with Crippen LogP contribution in [0.2, 0.25) is 5.02 Å². The standard InChI is InChI=1S/C22H27ClN4O/c1-16-4-9-21-18(14-16)15-24-27(21)13-11-22(28)25-20(10-12-26(2)3)17-5-7-19(23)8-6-17/h4-9,14-15,20H,10-13H2,1-3H3,(H,25,28). The van der Waals surface area contributed by atoms with Gasteiger partial charge in [-0.2, -0.15) is 5.10 Å². The van der Waals surface area contributed by atoms with Gasteiger partial charge in [-0.15, -0.1) is 0 Å². The van der Waals surface area contributed by atoms with Crippen LogP contribution in [0.5, 0.6) is 0 Å². The molecule has 3 rings (SSSR count). The topological polar surface area (TPSA) is 50.2 Å². The van der Waals surface area contributed by atoms with Crippen molar-refractivity contribution in [2.45, 2.75) is 32.4 Å². The lowest BCUT2D eigenvalue weighted by Gasteiger charge is -2.21. The summed E-state index contributed by atoms with van der Waals surface area (Å²) in [5.41, 5.74) is 3.33. The lowest BCUT2D eigenvalue weighted by molar-refractivity contribution is -0.122. The predicted octanol–water partition coefficient (Wildman–Crippen LogP) is 4.20. The fraction of sp³-hybridized carbons (Fsp3) is 0.364. The highest BCUT2D eigenvalue weighted by atomic mass is 35.5. The summed E-state index contributed by atoms with van der Waals surface area (Å²) in [5.74, 6) is 0.0227. The molecule has 1 aromatic heterocycles. The van der Waals surface area contributed by atoms with Gasteiger partial charge in [-0.25, -0.2) is 0 Å². The summed E-state index contributed by atoms with van der Waals surface area (Å²) >= 11 is 6.01. The Bertz CT molecular complexity index is 933. The molecule has 0 radical (unpaired) electrons. The van der Waals surface area contributed by atoms with Gasteiger partial charge in [-0.1, -0.05) is 35.4 Å². The first-order valence-corrected chi connectivity index (χ1v) is 9.92. The summed E-state index contributed by atoms with van der Waals surface area (Å²) in [4.78, 5) is 14.7. The highest BCUT2D eigenvalue weighted by molar-refractivity contribution is 6.30. The zero-order valence-electron chi connectivity index (χ0n) is 16.7. The number of rotatable bonds is 8. The van der Waals surface area contributed by atoms with E-state index in [1.54, 1.807) is 0 Å². The second-order valence-corrected chi connectivity index (χ2v) is 7.88. The fourth-order valence-corrected chi connectivity index (χ4v) is 3.39. The van der Waals surface area contributed by atoms with Gasteiger partial charge in [0.2, 0.25) is 5.91 Å². The average molecular weight is 399 g/mol. The first-order chi connectivity index (χ1) is 13.4. The van der Waals surface area contributed by atoms with Gasteiger partial charge in [-0.3, -0.25) is 9.48 Å². The van der Waals surface area contributed by atoms with Gasteiger partial charge < -0.3 is 10.2 Å². The molecule has 1 unspecified atom stereocenters. The number of hydrogen-bond donors (Lipinski definition) is 1. The van der Waals surface area contributed by atoms with Crippen LogP contribution in [-0.2, 0) is 11.3 Å². The van der Waals surface area contributed by atoms with Gasteiger partial charge in [0.1, 0.15) is 0 Å². The Balaban J connectivity index is 1.64. The van der Waals surface area contributed by atoms with Crippen molar-refractivity contribution < 1.29 is 4.79 Å². The molecule has 0 saturated heterocycles. The van der Waals surface area contributed by atoms with Crippen LogP contribution >= 0.6 is 11.6 Å². The molecule has 0 aliphatic rings. The van der Waals surface area contributed by atoms with Crippen molar-refractivity contribution in [1.29, 1.82) is 0 Å². The molecule has 28 heavy (non-hydrogen) atoms. The maximum atomic E-state index is 12.6. The van der Waals surface area contributed by atoms with Crippen LogP contribution < -0.4 is 5.32 Å². The molecule has 0 aliphatic heterocycles. The first-order valence-electron chi connectivity index (χ1n) is 9.54. The molecule has 3 aromatic rings. The molecule has 6 heteroatoms. The SMILES string of the molecule is Cc1ccc2c(cnn2CCC(=O)NC(CCN(C)C)c2ccc(Cl)cc2)c1. The van der Waals surface area contributed by atoms with E-state index in [1.165, 1.54) is 5.56 Å². The number of aromatic nitrogens is 2. The van der Waals surface area contributed by atoms with Crippen molar-refractivity contribution in [2.24, 2.45) is 0 Å². The van der Waals surface area contributed by atoms with Crippen LogP contribution in [0, 0.1) is 6.92 Å². The molecule has 1 amide bonds. The van der Waals surface area contributed by atoms with E-state index in [2.05, 4.69) is 40.4 Å². The van der Waals surface area contributed by atoms with Crippen molar-refractivity contribution in [2.75, 3.05) is 20.6 Å². The molecule has 0 bridgehead atoms. The largest absolute Gasteiger partial charge is 0.349 e. The van der Waals surface area contributed by atoms with Crippen LogP contribution in [0.4, 0.5) is 0 Å². The molecule has 1 atom stereocenters. The molecule has 0 aliphatic carbocycles. The van der Waals surface area contributed by atoms with Gasteiger partial charge in [-0.05, 0) is 63.8 Å². The highest BCUT2D eigenvalue weighted by Crippen LogP contribution is 2.20. The van der Waals surface area contributed by atoms with Crippen LogP contribution in [-0.4, -0.2) is 41.2 Å². The number of nitrogens with one attached hydrogen (secondary N) is 1. The number of carbonyl (C=O) groups is 1. The minimum absolute atomic E-state index is 0.0227. The third kappa shape index (κ3) is 5.33. The van der Waals surface area contributed by atoms with E-state index in [-0.39, 0.29) is 11.9 Å². The van der Waals surface area contributed by atoms with Crippen LogP contribution in [0.1, 0.15) is 30.0 Å². The number of carbonyl (C=O) groups excluding carboxylic acids is 1. The number of hydrogen-bond acceptors (Lipinski definition) is 3. The van der Waals surface area contributed by atoms with Crippen molar-refractivity contribution in [3.63, 3.8) is 0 Å². The Kier molecular flexibility index (Phi) is 6.70. The lowest BCUT2D eigenvalue weighted by Crippen LogP contribution is -2.31. The van der Waals surface area contributed by atoms with E-state index in [0.29, 0.717) is 18.0 Å². The second kappa shape index (κ2) is 9.22. The third-order valence-electron chi connectivity index (χ3n) is 4.82. The van der Waals surface area contributed by atoms with E-state index < -0.39 is 0 Å². The van der Waals surface area contributed by atoms with Gasteiger partial charge >= 0.3 is 0 Å². The summed E-state index contributed by atoms with van der Waals surface area (Å²) in [6, 6.07) is 13.9. The number of fused-ring (bicyclic) bond motifs is 1. The fourth-order valence-electron chi connectivity index (χ4n) is 3.26. The average Bonchev–Trinajstić information content (AvgIpc) is 3.06. The molecular weight excluding hydrogens is 372 g/mol. The van der Waals surface area contributed by atoms with E-state index in [1.807, 2.05) is 49.2 Å². The van der Waals surface area contributed by atoms with Gasteiger partial charge in [0.25, 0.3) is 0 Å². The molecule has 0 saturated carbocycles. The Morgan fingerprint density at radius 3 is 2.68 bits per heavy atom. The van der Waals surface area contributed by atoms with Crippen molar-refractivity contribution in [3.05, 3.63) is 64.8 Å². The highest BCUT2D eigenvalue weighted by Gasteiger charge is 2.15. The van der Waals surface area contributed by atoms with Gasteiger partial charge in [0, 0.05) is 16.8 Å². The third-order valence-corrected chi connectivity index (χ3v) is 5.07. The van der Waals surface area contributed by atoms with Crippen molar-refractivity contribution in [1.82, 2.24) is 20.0 Å². The monoisotopic (exact) mass is 398 g/mol. The molecule has 0 fully saturated rings. The minimum Gasteiger partial charge on any atom is -0.349 e. The number of benzene rings is 2.